The Labute approximate surface area is 182 Å². The molecule has 0 aliphatic carbocycles. The van der Waals surface area contributed by atoms with Crippen LogP contribution >= 0.6 is 0 Å². The van der Waals surface area contributed by atoms with Gasteiger partial charge in [-0.05, 0) is 49.6 Å². The fourth-order valence-electron chi connectivity index (χ4n) is 3.31. The lowest BCUT2D eigenvalue weighted by atomic mass is 10.1. The smallest absolute Gasteiger partial charge is 0.338 e. The number of aryl methyl sites for hydroxylation is 3. The number of para-hydroxylation sites is 1. The lowest BCUT2D eigenvalue weighted by Crippen LogP contribution is -2.40. The Bertz CT molecular complexity index is 1070. The average Bonchev–Trinajstić information content (AvgIpc) is 2.75. The molecule has 8 nitrogen and oxygen atoms in total. The highest BCUT2D eigenvalue weighted by Gasteiger charge is 2.27. The van der Waals surface area contributed by atoms with Crippen LogP contribution in [-0.2, 0) is 24.3 Å². The third-order valence-corrected chi connectivity index (χ3v) is 7.01. The van der Waals surface area contributed by atoms with Crippen LogP contribution in [0.15, 0.2) is 41.3 Å². The molecule has 2 aromatic rings. The van der Waals surface area contributed by atoms with Crippen molar-refractivity contribution in [3.05, 3.63) is 58.7 Å². The molecule has 0 atom stereocenters. The Hall–Kier alpha value is -2.75. The van der Waals surface area contributed by atoms with Gasteiger partial charge < -0.3 is 14.8 Å². The number of carbonyl (C=O) groups excluding carboxylic acids is 2. The molecule has 1 aliphatic rings. The van der Waals surface area contributed by atoms with Crippen molar-refractivity contribution in [3.8, 4) is 0 Å². The van der Waals surface area contributed by atoms with Crippen molar-refractivity contribution in [2.24, 2.45) is 0 Å². The minimum Gasteiger partial charge on any atom is -0.452 e. The summed E-state index contributed by atoms with van der Waals surface area (Å²) in [5, 5.41) is 2.75. The van der Waals surface area contributed by atoms with Gasteiger partial charge >= 0.3 is 5.97 Å². The van der Waals surface area contributed by atoms with Crippen molar-refractivity contribution in [1.82, 2.24) is 4.31 Å². The van der Waals surface area contributed by atoms with Gasteiger partial charge in [0.25, 0.3) is 5.91 Å². The summed E-state index contributed by atoms with van der Waals surface area (Å²) >= 11 is 0. The van der Waals surface area contributed by atoms with E-state index in [4.69, 9.17) is 9.47 Å². The predicted octanol–water partition coefficient (Wildman–Crippen LogP) is 2.43. The van der Waals surface area contributed by atoms with Crippen LogP contribution in [0.1, 0.15) is 27.0 Å². The maximum Gasteiger partial charge on any atom is 0.338 e. The van der Waals surface area contributed by atoms with E-state index in [0.717, 1.165) is 11.1 Å². The van der Waals surface area contributed by atoms with Gasteiger partial charge in [0.2, 0.25) is 10.0 Å². The second-order valence-corrected chi connectivity index (χ2v) is 9.32. The molecule has 1 saturated heterocycles. The topological polar surface area (TPSA) is 102 Å². The summed E-state index contributed by atoms with van der Waals surface area (Å²) in [5.41, 5.74) is 3.14. The Morgan fingerprint density at radius 2 is 1.68 bits per heavy atom. The minimum atomic E-state index is -3.75. The molecule has 166 valence electrons. The molecule has 1 amide bonds. The number of anilines is 1. The number of carbonyl (C=O) groups is 2. The maximum absolute atomic E-state index is 12.9. The second-order valence-electron chi connectivity index (χ2n) is 7.38. The first kappa shape index (κ1) is 22.9. The third kappa shape index (κ3) is 5.30. The van der Waals surface area contributed by atoms with Crippen LogP contribution < -0.4 is 5.32 Å². The summed E-state index contributed by atoms with van der Waals surface area (Å²) in [5.74, 6) is -1.23. The van der Waals surface area contributed by atoms with E-state index in [-0.39, 0.29) is 23.5 Å². The second kappa shape index (κ2) is 9.59. The largest absolute Gasteiger partial charge is 0.452 e. The quantitative estimate of drug-likeness (QED) is 0.684. The van der Waals surface area contributed by atoms with E-state index >= 15 is 0 Å². The standard InChI is InChI=1S/C22H26N2O6S/c1-15-7-8-18(31(27,28)24-9-11-29-12-10-24)13-19(15)22(26)30-14-20(25)23-21-16(2)5-4-6-17(21)3/h4-8,13H,9-12,14H2,1-3H3,(H,23,25). The van der Waals surface area contributed by atoms with Gasteiger partial charge in [-0.25, -0.2) is 13.2 Å². The fourth-order valence-corrected chi connectivity index (χ4v) is 4.75. The van der Waals surface area contributed by atoms with Gasteiger partial charge in [0.05, 0.1) is 23.7 Å². The van der Waals surface area contributed by atoms with Crippen molar-refractivity contribution < 1.29 is 27.5 Å². The number of nitrogens with one attached hydrogen (secondary N) is 1. The number of amides is 1. The Morgan fingerprint density at radius 1 is 1.03 bits per heavy atom. The molecular weight excluding hydrogens is 420 g/mol. The SMILES string of the molecule is Cc1ccc(S(=O)(=O)N2CCOCC2)cc1C(=O)OCC(=O)Nc1c(C)cccc1C. The molecule has 0 aromatic heterocycles. The summed E-state index contributed by atoms with van der Waals surface area (Å²) in [6.07, 6.45) is 0. The van der Waals surface area contributed by atoms with Gasteiger partial charge in [0, 0.05) is 18.8 Å². The minimum absolute atomic E-state index is 0.00642. The summed E-state index contributed by atoms with van der Waals surface area (Å²) < 4.78 is 37.4. The molecule has 0 radical (unpaired) electrons. The van der Waals surface area contributed by atoms with E-state index < -0.39 is 28.5 Å². The number of benzene rings is 2. The van der Waals surface area contributed by atoms with Crippen LogP contribution in [0, 0.1) is 20.8 Å². The Morgan fingerprint density at radius 3 is 2.32 bits per heavy atom. The highest BCUT2D eigenvalue weighted by Crippen LogP contribution is 2.22. The maximum atomic E-state index is 12.9. The Balaban J connectivity index is 1.70. The molecule has 3 rings (SSSR count). The van der Waals surface area contributed by atoms with Gasteiger partial charge in [-0.3, -0.25) is 4.79 Å². The number of esters is 1. The summed E-state index contributed by atoms with van der Waals surface area (Å²) in [4.78, 5) is 24.9. The zero-order chi connectivity index (χ0) is 22.6. The molecule has 1 N–H and O–H groups in total. The molecule has 31 heavy (non-hydrogen) atoms. The van der Waals surface area contributed by atoms with Crippen LogP contribution in [-0.4, -0.2) is 57.5 Å². The van der Waals surface area contributed by atoms with Crippen molar-refractivity contribution >= 4 is 27.6 Å². The van der Waals surface area contributed by atoms with Crippen molar-refractivity contribution in [2.45, 2.75) is 25.7 Å². The van der Waals surface area contributed by atoms with Gasteiger partial charge in [-0.15, -0.1) is 0 Å². The van der Waals surface area contributed by atoms with Crippen LogP contribution in [0.4, 0.5) is 5.69 Å². The molecule has 0 unspecified atom stereocenters. The predicted molar refractivity (Wildman–Crippen MR) is 116 cm³/mol. The number of hydrogen-bond acceptors (Lipinski definition) is 6. The van der Waals surface area contributed by atoms with Crippen LogP contribution in [0.25, 0.3) is 0 Å². The molecule has 2 aromatic carbocycles. The van der Waals surface area contributed by atoms with E-state index in [2.05, 4.69) is 5.32 Å². The first-order chi connectivity index (χ1) is 14.7. The molecule has 0 saturated carbocycles. The van der Waals surface area contributed by atoms with Crippen molar-refractivity contribution in [3.63, 3.8) is 0 Å². The fraction of sp³-hybridized carbons (Fsp3) is 0.364. The number of hydrogen-bond donors (Lipinski definition) is 1. The van der Waals surface area contributed by atoms with E-state index in [1.54, 1.807) is 13.0 Å². The van der Waals surface area contributed by atoms with Crippen molar-refractivity contribution in [1.29, 1.82) is 0 Å². The van der Waals surface area contributed by atoms with Crippen LogP contribution in [0.3, 0.4) is 0 Å². The molecule has 9 heteroatoms. The zero-order valence-electron chi connectivity index (χ0n) is 17.8. The van der Waals surface area contributed by atoms with Crippen LogP contribution in [0.5, 0.6) is 0 Å². The lowest BCUT2D eigenvalue weighted by Gasteiger charge is -2.26. The van der Waals surface area contributed by atoms with E-state index in [0.29, 0.717) is 24.5 Å². The van der Waals surface area contributed by atoms with Gasteiger partial charge in [-0.1, -0.05) is 24.3 Å². The highest BCUT2D eigenvalue weighted by molar-refractivity contribution is 7.89. The van der Waals surface area contributed by atoms with Gasteiger partial charge in [0.1, 0.15) is 0 Å². The number of ether oxygens (including phenoxy) is 2. The van der Waals surface area contributed by atoms with E-state index in [1.807, 2.05) is 32.0 Å². The zero-order valence-corrected chi connectivity index (χ0v) is 18.6. The normalized spacial score (nSPS) is 14.8. The van der Waals surface area contributed by atoms with E-state index in [1.165, 1.54) is 16.4 Å². The molecular formula is C22H26N2O6S. The number of sulfonamides is 1. The summed E-state index contributed by atoms with van der Waals surface area (Å²) in [7, 11) is -3.75. The molecule has 1 heterocycles. The van der Waals surface area contributed by atoms with Crippen LogP contribution in [0.2, 0.25) is 0 Å². The first-order valence-electron chi connectivity index (χ1n) is 9.92. The Kier molecular flexibility index (Phi) is 7.09. The highest BCUT2D eigenvalue weighted by atomic mass is 32.2. The molecule has 1 aliphatic heterocycles. The monoisotopic (exact) mass is 446 g/mol. The first-order valence-corrected chi connectivity index (χ1v) is 11.4. The van der Waals surface area contributed by atoms with E-state index in [9.17, 15) is 18.0 Å². The molecule has 0 bridgehead atoms. The average molecular weight is 447 g/mol. The van der Waals surface area contributed by atoms with Gasteiger partial charge in [-0.2, -0.15) is 4.31 Å². The molecule has 0 spiro atoms. The third-order valence-electron chi connectivity index (χ3n) is 5.12. The summed E-state index contributed by atoms with van der Waals surface area (Å²) in [6, 6.07) is 9.95. The van der Waals surface area contributed by atoms with Crippen molar-refractivity contribution in [2.75, 3.05) is 38.2 Å². The number of morpholine rings is 1. The lowest BCUT2D eigenvalue weighted by molar-refractivity contribution is -0.119. The number of nitrogens with zero attached hydrogens (tertiary/aromatic N) is 1. The van der Waals surface area contributed by atoms with Gasteiger partial charge in [0.15, 0.2) is 6.61 Å². The molecule has 1 fully saturated rings. The summed E-state index contributed by atoms with van der Waals surface area (Å²) in [6.45, 7) is 6.12. The number of rotatable bonds is 6.